The molecule has 0 N–H and O–H groups in total. The van der Waals surface area contributed by atoms with Gasteiger partial charge in [0.2, 0.25) is 0 Å². The smallest absolute Gasteiger partial charge is 0.306 e. The lowest BCUT2D eigenvalue weighted by molar-refractivity contribution is -0.167. The van der Waals surface area contributed by atoms with Crippen molar-refractivity contribution in [2.45, 2.75) is 258 Å². The van der Waals surface area contributed by atoms with Crippen LogP contribution in [0.3, 0.4) is 0 Å². The van der Waals surface area contributed by atoms with Gasteiger partial charge in [0.25, 0.3) is 0 Å². The van der Waals surface area contributed by atoms with Gasteiger partial charge in [0.05, 0.1) is 0 Å². The lowest BCUT2D eigenvalue weighted by Gasteiger charge is -2.18. The van der Waals surface area contributed by atoms with Crippen LogP contribution in [0.15, 0.2) is 0 Å². The Hall–Kier alpha value is -1.59. The van der Waals surface area contributed by atoms with Gasteiger partial charge in [-0.2, -0.15) is 0 Å². The topological polar surface area (TPSA) is 78.9 Å². The standard InChI is InChI=1S/C45H86O6/c1-4-7-10-13-16-18-20-21-22-23-25-26-29-32-35-38-44(47)50-41-42(40-49-43(46)37-34-31-28-15-12-9-6-3)51-45(48)39-36-33-30-27-24-19-17-14-11-8-5-2/h42H,4-41H2,1-3H3/t42-/m1/s1. The summed E-state index contributed by atoms with van der Waals surface area (Å²) in [5.41, 5.74) is 0. The lowest BCUT2D eigenvalue weighted by atomic mass is 10.0. The second-order valence-corrected chi connectivity index (χ2v) is 15.3. The Bertz CT molecular complexity index is 753. The summed E-state index contributed by atoms with van der Waals surface area (Å²) in [4.78, 5) is 37.5. The van der Waals surface area contributed by atoms with Crippen molar-refractivity contribution >= 4 is 17.9 Å². The number of hydrogen-bond acceptors (Lipinski definition) is 6. The zero-order chi connectivity index (χ0) is 37.3. The molecule has 0 heterocycles. The van der Waals surface area contributed by atoms with E-state index in [9.17, 15) is 14.4 Å². The van der Waals surface area contributed by atoms with E-state index < -0.39 is 6.10 Å². The van der Waals surface area contributed by atoms with Gasteiger partial charge in [-0.3, -0.25) is 14.4 Å². The Morgan fingerprint density at radius 3 is 0.784 bits per heavy atom. The summed E-state index contributed by atoms with van der Waals surface area (Å²) in [6.07, 6.45) is 40.9. The van der Waals surface area contributed by atoms with E-state index in [-0.39, 0.29) is 31.1 Å². The highest BCUT2D eigenvalue weighted by atomic mass is 16.6. The van der Waals surface area contributed by atoms with E-state index in [4.69, 9.17) is 14.2 Å². The van der Waals surface area contributed by atoms with Crippen LogP contribution in [-0.4, -0.2) is 37.2 Å². The highest BCUT2D eigenvalue weighted by molar-refractivity contribution is 5.71. The van der Waals surface area contributed by atoms with E-state index >= 15 is 0 Å². The van der Waals surface area contributed by atoms with Crippen LogP contribution in [0.2, 0.25) is 0 Å². The van der Waals surface area contributed by atoms with Crippen molar-refractivity contribution in [2.75, 3.05) is 13.2 Å². The van der Waals surface area contributed by atoms with Crippen molar-refractivity contribution in [1.82, 2.24) is 0 Å². The third-order valence-corrected chi connectivity index (χ3v) is 10.1. The van der Waals surface area contributed by atoms with E-state index in [0.29, 0.717) is 19.3 Å². The Kier molecular flexibility index (Phi) is 39.9. The molecule has 0 saturated heterocycles. The molecule has 51 heavy (non-hydrogen) atoms. The Labute approximate surface area is 317 Å². The maximum atomic E-state index is 12.6. The molecular weight excluding hydrogens is 636 g/mol. The molecule has 0 amide bonds. The van der Waals surface area contributed by atoms with Gasteiger partial charge >= 0.3 is 17.9 Å². The summed E-state index contributed by atoms with van der Waals surface area (Å²) >= 11 is 0. The van der Waals surface area contributed by atoms with Crippen LogP contribution in [0.1, 0.15) is 252 Å². The molecule has 0 bridgehead atoms. The fourth-order valence-corrected chi connectivity index (χ4v) is 6.68. The first-order chi connectivity index (χ1) is 25.0. The monoisotopic (exact) mass is 723 g/mol. The van der Waals surface area contributed by atoms with Gasteiger partial charge in [0.15, 0.2) is 6.10 Å². The molecule has 6 heteroatoms. The van der Waals surface area contributed by atoms with Crippen molar-refractivity contribution in [3.05, 3.63) is 0 Å². The number of esters is 3. The normalized spacial score (nSPS) is 11.8. The minimum Gasteiger partial charge on any atom is -0.462 e. The Balaban J connectivity index is 4.24. The molecule has 0 saturated carbocycles. The highest BCUT2D eigenvalue weighted by Gasteiger charge is 2.19. The molecule has 0 aromatic rings. The summed E-state index contributed by atoms with van der Waals surface area (Å²) in [6, 6.07) is 0. The van der Waals surface area contributed by atoms with Crippen LogP contribution in [0.4, 0.5) is 0 Å². The van der Waals surface area contributed by atoms with E-state index in [1.807, 2.05) is 0 Å². The molecule has 0 radical (unpaired) electrons. The third-order valence-electron chi connectivity index (χ3n) is 10.1. The fraction of sp³-hybridized carbons (Fsp3) is 0.933. The van der Waals surface area contributed by atoms with Crippen molar-refractivity contribution < 1.29 is 28.6 Å². The van der Waals surface area contributed by atoms with Gasteiger partial charge in [-0.15, -0.1) is 0 Å². The predicted molar refractivity (Wildman–Crippen MR) is 215 cm³/mol. The largest absolute Gasteiger partial charge is 0.462 e. The maximum Gasteiger partial charge on any atom is 0.306 e. The Morgan fingerprint density at radius 2 is 0.529 bits per heavy atom. The minimum absolute atomic E-state index is 0.0632. The molecule has 0 aromatic heterocycles. The SMILES string of the molecule is CCCCCCCCCCCCCCCCCC(=O)OC[C@@H](COC(=O)CCCCCCCCC)OC(=O)CCCCCCCCCCCCC. The number of unbranched alkanes of at least 4 members (excludes halogenated alkanes) is 30. The molecule has 302 valence electrons. The summed E-state index contributed by atoms with van der Waals surface area (Å²) in [6.45, 7) is 6.61. The minimum atomic E-state index is -0.756. The van der Waals surface area contributed by atoms with E-state index in [2.05, 4.69) is 20.8 Å². The number of carbonyl (C=O) groups excluding carboxylic acids is 3. The van der Waals surface area contributed by atoms with E-state index in [1.165, 1.54) is 154 Å². The maximum absolute atomic E-state index is 12.6. The van der Waals surface area contributed by atoms with E-state index in [1.54, 1.807) is 0 Å². The molecule has 0 rings (SSSR count). The zero-order valence-electron chi connectivity index (χ0n) is 34.4. The number of carbonyl (C=O) groups is 3. The first-order valence-electron chi connectivity index (χ1n) is 22.5. The van der Waals surface area contributed by atoms with Gasteiger partial charge in [-0.25, -0.2) is 0 Å². The molecule has 6 nitrogen and oxygen atoms in total. The molecule has 0 unspecified atom stereocenters. The van der Waals surface area contributed by atoms with Gasteiger partial charge in [-0.05, 0) is 19.3 Å². The fourth-order valence-electron chi connectivity index (χ4n) is 6.68. The van der Waals surface area contributed by atoms with Crippen LogP contribution in [0.25, 0.3) is 0 Å². The van der Waals surface area contributed by atoms with E-state index in [0.717, 1.165) is 57.8 Å². The zero-order valence-corrected chi connectivity index (χ0v) is 34.4. The van der Waals surface area contributed by atoms with Gasteiger partial charge in [-0.1, -0.05) is 213 Å². The molecule has 0 fully saturated rings. The third kappa shape index (κ3) is 39.5. The van der Waals surface area contributed by atoms with Crippen molar-refractivity contribution in [2.24, 2.45) is 0 Å². The molecule has 1 atom stereocenters. The van der Waals surface area contributed by atoms with Crippen LogP contribution < -0.4 is 0 Å². The molecule has 0 aliphatic rings. The number of hydrogen-bond donors (Lipinski definition) is 0. The van der Waals surface area contributed by atoms with Crippen LogP contribution >= 0.6 is 0 Å². The van der Waals surface area contributed by atoms with Crippen molar-refractivity contribution in [3.63, 3.8) is 0 Å². The summed E-state index contributed by atoms with van der Waals surface area (Å²) in [7, 11) is 0. The quantitative estimate of drug-likeness (QED) is 0.0355. The molecule has 0 aliphatic heterocycles. The van der Waals surface area contributed by atoms with Gasteiger partial charge in [0.1, 0.15) is 13.2 Å². The summed E-state index contributed by atoms with van der Waals surface area (Å²) in [5, 5.41) is 0. The molecule has 0 aliphatic carbocycles. The average Bonchev–Trinajstić information content (AvgIpc) is 3.12. The summed E-state index contributed by atoms with van der Waals surface area (Å²) in [5.74, 6) is -0.859. The number of ether oxygens (including phenoxy) is 3. The highest BCUT2D eigenvalue weighted by Crippen LogP contribution is 2.16. The molecular formula is C45H86O6. The average molecular weight is 723 g/mol. The first kappa shape index (κ1) is 49.4. The van der Waals surface area contributed by atoms with Crippen LogP contribution in [-0.2, 0) is 28.6 Å². The lowest BCUT2D eigenvalue weighted by Crippen LogP contribution is -2.30. The number of rotatable bonds is 41. The summed E-state index contributed by atoms with van der Waals surface area (Å²) < 4.78 is 16.6. The van der Waals surface area contributed by atoms with Crippen molar-refractivity contribution in [1.29, 1.82) is 0 Å². The van der Waals surface area contributed by atoms with Crippen LogP contribution in [0.5, 0.6) is 0 Å². The van der Waals surface area contributed by atoms with Gasteiger partial charge in [0, 0.05) is 19.3 Å². The first-order valence-corrected chi connectivity index (χ1v) is 22.5. The Morgan fingerprint density at radius 1 is 0.314 bits per heavy atom. The van der Waals surface area contributed by atoms with Crippen LogP contribution in [0, 0.1) is 0 Å². The van der Waals surface area contributed by atoms with Gasteiger partial charge < -0.3 is 14.2 Å². The second kappa shape index (κ2) is 41.2. The molecule has 0 aromatic carbocycles. The molecule has 0 spiro atoms. The van der Waals surface area contributed by atoms with Crippen molar-refractivity contribution in [3.8, 4) is 0 Å². The predicted octanol–water partition coefficient (Wildman–Crippen LogP) is 14.1. The second-order valence-electron chi connectivity index (χ2n) is 15.3.